The van der Waals surface area contributed by atoms with Gasteiger partial charge in [0.15, 0.2) is 5.82 Å². The molecule has 0 aliphatic carbocycles. The van der Waals surface area contributed by atoms with E-state index in [1.54, 1.807) is 0 Å². The second-order valence-corrected chi connectivity index (χ2v) is 5.91. The molecule has 1 aromatic heterocycles. The van der Waals surface area contributed by atoms with Crippen LogP contribution in [-0.2, 0) is 0 Å². The van der Waals surface area contributed by atoms with Crippen LogP contribution in [0.4, 0.5) is 11.5 Å². The van der Waals surface area contributed by atoms with Gasteiger partial charge in [-0.25, -0.2) is 4.98 Å². The Bertz CT molecular complexity index is 549. The molecular formula is C18H25N3. The van der Waals surface area contributed by atoms with Gasteiger partial charge in [0, 0.05) is 32.8 Å². The maximum atomic E-state index is 4.44. The number of nitrogens with zero attached hydrogens (tertiary/aromatic N) is 2. The maximum absolute atomic E-state index is 4.44. The molecule has 0 saturated heterocycles. The van der Waals surface area contributed by atoms with Crippen molar-refractivity contribution in [2.24, 2.45) is 5.92 Å². The highest BCUT2D eigenvalue weighted by atomic mass is 15.2. The molecule has 21 heavy (non-hydrogen) atoms. The van der Waals surface area contributed by atoms with Crippen molar-refractivity contribution in [1.82, 2.24) is 4.98 Å². The quantitative estimate of drug-likeness (QED) is 0.868. The second kappa shape index (κ2) is 7.11. The topological polar surface area (TPSA) is 28.2 Å². The molecule has 3 heteroatoms. The van der Waals surface area contributed by atoms with Gasteiger partial charge in [-0.1, -0.05) is 44.2 Å². The van der Waals surface area contributed by atoms with Crippen LogP contribution in [0.2, 0.25) is 0 Å². The lowest BCUT2D eigenvalue weighted by Gasteiger charge is -2.24. The first kappa shape index (κ1) is 15.4. The molecule has 0 fully saturated rings. The van der Waals surface area contributed by atoms with Gasteiger partial charge in [0.25, 0.3) is 0 Å². The third kappa shape index (κ3) is 3.97. The number of benzene rings is 1. The number of nitrogens with one attached hydrogen (secondary N) is 1. The molecule has 1 unspecified atom stereocenters. The highest BCUT2D eigenvalue weighted by Crippen LogP contribution is 2.27. The Morgan fingerprint density at radius 1 is 1.05 bits per heavy atom. The lowest BCUT2D eigenvalue weighted by molar-refractivity contribution is 0.517. The molecule has 0 spiro atoms. The van der Waals surface area contributed by atoms with Crippen LogP contribution in [0.25, 0.3) is 0 Å². The highest BCUT2D eigenvalue weighted by Gasteiger charge is 2.16. The summed E-state index contributed by atoms with van der Waals surface area (Å²) in [5.41, 5.74) is 2.47. The largest absolute Gasteiger partial charge is 0.381 e. The summed E-state index contributed by atoms with van der Waals surface area (Å²) in [5, 5.41) is 3.57. The first-order valence-corrected chi connectivity index (χ1v) is 7.50. The average Bonchev–Trinajstić information content (AvgIpc) is 2.48. The fourth-order valence-electron chi connectivity index (χ4n) is 2.55. The van der Waals surface area contributed by atoms with E-state index in [0.29, 0.717) is 11.8 Å². The van der Waals surface area contributed by atoms with Gasteiger partial charge < -0.3 is 10.2 Å². The van der Waals surface area contributed by atoms with Crippen molar-refractivity contribution in [1.29, 1.82) is 0 Å². The van der Waals surface area contributed by atoms with Gasteiger partial charge in [-0.2, -0.15) is 0 Å². The second-order valence-electron chi connectivity index (χ2n) is 5.91. The monoisotopic (exact) mass is 283 g/mol. The summed E-state index contributed by atoms with van der Waals surface area (Å²) in [6.07, 6.45) is 1.83. The third-order valence-corrected chi connectivity index (χ3v) is 3.76. The first-order valence-electron chi connectivity index (χ1n) is 7.50. The number of pyridine rings is 1. The number of hydrogen-bond acceptors (Lipinski definition) is 3. The van der Waals surface area contributed by atoms with E-state index in [2.05, 4.69) is 60.5 Å². The average molecular weight is 283 g/mol. The van der Waals surface area contributed by atoms with Crippen LogP contribution in [0.15, 0.2) is 48.7 Å². The number of hydrogen-bond donors (Lipinski definition) is 1. The zero-order chi connectivity index (χ0) is 15.2. The molecule has 0 saturated carbocycles. The standard InChI is InChI=1S/C18H25N3/c1-14(2)16(15-9-6-5-7-10-15)13-20-17-11-8-12-19-18(17)21(3)4/h5-12,14,16,20H,13H2,1-4H3. The van der Waals surface area contributed by atoms with E-state index < -0.39 is 0 Å². The number of anilines is 2. The Hall–Kier alpha value is -2.03. The summed E-state index contributed by atoms with van der Waals surface area (Å²) >= 11 is 0. The SMILES string of the molecule is CC(C)C(CNc1cccnc1N(C)C)c1ccccc1. The lowest BCUT2D eigenvalue weighted by atomic mass is 9.88. The fourth-order valence-corrected chi connectivity index (χ4v) is 2.55. The molecule has 0 amide bonds. The van der Waals surface area contributed by atoms with Crippen molar-refractivity contribution in [3.8, 4) is 0 Å². The molecule has 1 heterocycles. The van der Waals surface area contributed by atoms with Crippen molar-refractivity contribution in [3.05, 3.63) is 54.2 Å². The first-order chi connectivity index (χ1) is 10.1. The van der Waals surface area contributed by atoms with Crippen molar-refractivity contribution >= 4 is 11.5 Å². The third-order valence-electron chi connectivity index (χ3n) is 3.76. The van der Waals surface area contributed by atoms with E-state index in [1.165, 1.54) is 5.56 Å². The van der Waals surface area contributed by atoms with Crippen LogP contribution in [-0.4, -0.2) is 25.6 Å². The molecule has 3 nitrogen and oxygen atoms in total. The summed E-state index contributed by atoms with van der Waals surface area (Å²) in [6.45, 7) is 5.46. The Labute approximate surface area is 128 Å². The van der Waals surface area contributed by atoms with Gasteiger partial charge in [0.2, 0.25) is 0 Å². The normalized spacial score (nSPS) is 12.2. The van der Waals surface area contributed by atoms with E-state index in [4.69, 9.17) is 0 Å². The van der Waals surface area contributed by atoms with Crippen LogP contribution in [0.5, 0.6) is 0 Å². The Balaban J connectivity index is 2.13. The predicted octanol–water partition coefficient (Wildman–Crippen LogP) is 4.00. The maximum Gasteiger partial charge on any atom is 0.151 e. The number of aromatic nitrogens is 1. The van der Waals surface area contributed by atoms with Crippen LogP contribution in [0, 0.1) is 5.92 Å². The van der Waals surface area contributed by atoms with E-state index >= 15 is 0 Å². The molecule has 1 N–H and O–H groups in total. The van der Waals surface area contributed by atoms with Crippen LogP contribution in [0.1, 0.15) is 25.3 Å². The zero-order valence-electron chi connectivity index (χ0n) is 13.4. The summed E-state index contributed by atoms with van der Waals surface area (Å²) in [6, 6.07) is 14.8. The van der Waals surface area contributed by atoms with Crippen molar-refractivity contribution in [3.63, 3.8) is 0 Å². The van der Waals surface area contributed by atoms with Gasteiger partial charge in [-0.3, -0.25) is 0 Å². The van der Waals surface area contributed by atoms with Gasteiger partial charge in [0.05, 0.1) is 5.69 Å². The minimum atomic E-state index is 0.487. The van der Waals surface area contributed by atoms with Crippen LogP contribution < -0.4 is 10.2 Å². The van der Waals surface area contributed by atoms with Crippen molar-refractivity contribution < 1.29 is 0 Å². The molecule has 112 valence electrons. The Morgan fingerprint density at radius 2 is 1.76 bits per heavy atom. The summed E-state index contributed by atoms with van der Waals surface area (Å²) in [7, 11) is 4.04. The van der Waals surface area contributed by atoms with Crippen molar-refractivity contribution in [2.45, 2.75) is 19.8 Å². The molecule has 0 radical (unpaired) electrons. The molecule has 2 aromatic rings. The molecule has 0 bridgehead atoms. The number of rotatable bonds is 6. The van der Waals surface area contributed by atoms with Crippen molar-refractivity contribution in [2.75, 3.05) is 30.9 Å². The molecule has 1 aromatic carbocycles. The summed E-state index contributed by atoms with van der Waals surface area (Å²) in [4.78, 5) is 6.47. The molecule has 0 aliphatic rings. The minimum Gasteiger partial charge on any atom is -0.381 e. The van der Waals surface area contributed by atoms with Gasteiger partial charge in [-0.15, -0.1) is 0 Å². The van der Waals surface area contributed by atoms with Gasteiger partial charge >= 0.3 is 0 Å². The van der Waals surface area contributed by atoms with E-state index in [0.717, 1.165) is 18.1 Å². The van der Waals surface area contributed by atoms with E-state index in [1.807, 2.05) is 31.3 Å². The van der Waals surface area contributed by atoms with Crippen LogP contribution >= 0.6 is 0 Å². The van der Waals surface area contributed by atoms with E-state index in [9.17, 15) is 0 Å². The molecule has 1 atom stereocenters. The smallest absolute Gasteiger partial charge is 0.151 e. The minimum absolute atomic E-state index is 0.487. The fraction of sp³-hybridized carbons (Fsp3) is 0.389. The molecular weight excluding hydrogens is 258 g/mol. The zero-order valence-corrected chi connectivity index (χ0v) is 13.4. The van der Waals surface area contributed by atoms with Gasteiger partial charge in [0.1, 0.15) is 0 Å². The molecule has 0 aliphatic heterocycles. The Kier molecular flexibility index (Phi) is 5.20. The van der Waals surface area contributed by atoms with Crippen LogP contribution in [0.3, 0.4) is 0 Å². The predicted molar refractivity (Wildman–Crippen MR) is 91.1 cm³/mol. The molecule has 2 rings (SSSR count). The lowest BCUT2D eigenvalue weighted by Crippen LogP contribution is -2.20. The Morgan fingerprint density at radius 3 is 2.38 bits per heavy atom. The van der Waals surface area contributed by atoms with E-state index in [-0.39, 0.29) is 0 Å². The highest BCUT2D eigenvalue weighted by molar-refractivity contribution is 5.64. The summed E-state index contributed by atoms with van der Waals surface area (Å²) in [5.74, 6) is 2.05. The van der Waals surface area contributed by atoms with Gasteiger partial charge in [-0.05, 0) is 23.6 Å². The summed E-state index contributed by atoms with van der Waals surface area (Å²) < 4.78 is 0.